The molecule has 0 aromatic carbocycles. The Labute approximate surface area is 109 Å². The predicted octanol–water partition coefficient (Wildman–Crippen LogP) is 0.928. The van der Waals surface area contributed by atoms with Crippen molar-refractivity contribution in [3.05, 3.63) is 0 Å². The summed E-state index contributed by atoms with van der Waals surface area (Å²) in [6.45, 7) is 4.39. The fourth-order valence-corrected chi connectivity index (χ4v) is 3.34. The zero-order chi connectivity index (χ0) is 14.2. The van der Waals surface area contributed by atoms with Gasteiger partial charge in [0.05, 0.1) is 12.4 Å². The number of sulfonamides is 1. The summed E-state index contributed by atoms with van der Waals surface area (Å²) in [6.07, 6.45) is 0.720. The van der Waals surface area contributed by atoms with Crippen molar-refractivity contribution >= 4 is 16.0 Å². The Morgan fingerprint density at radius 2 is 2.06 bits per heavy atom. The third-order valence-electron chi connectivity index (χ3n) is 2.75. The van der Waals surface area contributed by atoms with Crippen LogP contribution in [0.2, 0.25) is 0 Å². The highest BCUT2D eigenvalue weighted by atomic mass is 32.2. The summed E-state index contributed by atoms with van der Waals surface area (Å²) in [6, 6.07) is -0.102. The summed E-state index contributed by atoms with van der Waals surface area (Å²) in [4.78, 5) is 10.4. The van der Waals surface area contributed by atoms with Crippen LogP contribution in [0.1, 0.15) is 33.1 Å². The third kappa shape index (κ3) is 6.32. The Morgan fingerprint density at radius 3 is 2.50 bits per heavy atom. The molecule has 6 nitrogen and oxygen atoms in total. The van der Waals surface area contributed by atoms with Gasteiger partial charge in [0.25, 0.3) is 0 Å². The van der Waals surface area contributed by atoms with E-state index < -0.39 is 16.0 Å². The monoisotopic (exact) mass is 281 g/mol. The number of carboxylic acid groups (broad SMARTS) is 1. The number of hydrogen-bond donors (Lipinski definition) is 1. The SMILES string of the molecule is CCC(C)N(CCOC)S(=O)(=O)CCCC(=O)O. The van der Waals surface area contributed by atoms with E-state index in [4.69, 9.17) is 9.84 Å². The number of carbonyl (C=O) groups is 1. The highest BCUT2D eigenvalue weighted by molar-refractivity contribution is 7.89. The van der Waals surface area contributed by atoms with Crippen LogP contribution in [0.3, 0.4) is 0 Å². The molecule has 0 saturated carbocycles. The number of hydrogen-bond acceptors (Lipinski definition) is 4. The molecule has 0 aromatic heterocycles. The lowest BCUT2D eigenvalue weighted by Crippen LogP contribution is -2.41. The number of methoxy groups -OCH3 is 1. The summed E-state index contributed by atoms with van der Waals surface area (Å²) < 4.78 is 30.5. The van der Waals surface area contributed by atoms with Gasteiger partial charge in [-0.05, 0) is 19.8 Å². The largest absolute Gasteiger partial charge is 0.481 e. The molecule has 0 aromatic rings. The molecule has 0 saturated heterocycles. The summed E-state index contributed by atoms with van der Waals surface area (Å²) in [5, 5.41) is 8.52. The molecule has 0 fully saturated rings. The van der Waals surface area contributed by atoms with Crippen molar-refractivity contribution < 1.29 is 23.1 Å². The van der Waals surface area contributed by atoms with Crippen LogP contribution >= 0.6 is 0 Å². The first-order chi connectivity index (χ1) is 8.35. The second-order valence-corrected chi connectivity index (χ2v) is 6.22. The van der Waals surface area contributed by atoms with Crippen LogP contribution in [0.15, 0.2) is 0 Å². The second-order valence-electron chi connectivity index (χ2n) is 4.17. The molecule has 7 heteroatoms. The van der Waals surface area contributed by atoms with Crippen LogP contribution in [-0.4, -0.2) is 55.9 Å². The maximum atomic E-state index is 12.1. The van der Waals surface area contributed by atoms with Crippen molar-refractivity contribution in [3.8, 4) is 0 Å². The van der Waals surface area contributed by atoms with Gasteiger partial charge in [0, 0.05) is 26.1 Å². The number of rotatable bonds is 10. The molecule has 0 aliphatic heterocycles. The fraction of sp³-hybridized carbons (Fsp3) is 0.909. The Kier molecular flexibility index (Phi) is 8.13. The Hall–Kier alpha value is -0.660. The molecular weight excluding hydrogens is 258 g/mol. The van der Waals surface area contributed by atoms with Crippen LogP contribution in [0.25, 0.3) is 0 Å². The lowest BCUT2D eigenvalue weighted by Gasteiger charge is -2.27. The number of nitrogens with zero attached hydrogens (tertiary/aromatic N) is 1. The van der Waals surface area contributed by atoms with E-state index in [0.717, 1.165) is 0 Å². The van der Waals surface area contributed by atoms with Crippen molar-refractivity contribution in [2.24, 2.45) is 0 Å². The van der Waals surface area contributed by atoms with E-state index in [2.05, 4.69) is 0 Å². The van der Waals surface area contributed by atoms with Crippen molar-refractivity contribution in [3.63, 3.8) is 0 Å². The Morgan fingerprint density at radius 1 is 1.44 bits per heavy atom. The number of carboxylic acids is 1. The van der Waals surface area contributed by atoms with Gasteiger partial charge < -0.3 is 9.84 Å². The van der Waals surface area contributed by atoms with Crippen LogP contribution in [-0.2, 0) is 19.6 Å². The molecule has 0 radical (unpaired) electrons. The van der Waals surface area contributed by atoms with E-state index >= 15 is 0 Å². The minimum atomic E-state index is -3.41. The maximum absolute atomic E-state index is 12.1. The zero-order valence-electron chi connectivity index (χ0n) is 11.3. The third-order valence-corrected chi connectivity index (χ3v) is 4.81. The van der Waals surface area contributed by atoms with Gasteiger partial charge in [0.15, 0.2) is 0 Å². The summed E-state index contributed by atoms with van der Waals surface area (Å²) >= 11 is 0. The van der Waals surface area contributed by atoms with E-state index in [0.29, 0.717) is 19.6 Å². The van der Waals surface area contributed by atoms with E-state index in [9.17, 15) is 13.2 Å². The predicted molar refractivity (Wildman–Crippen MR) is 69.0 cm³/mol. The fourth-order valence-electron chi connectivity index (χ4n) is 1.54. The van der Waals surface area contributed by atoms with Gasteiger partial charge in [-0.25, -0.2) is 8.42 Å². The van der Waals surface area contributed by atoms with E-state index in [-0.39, 0.29) is 24.6 Å². The van der Waals surface area contributed by atoms with E-state index in [1.165, 1.54) is 11.4 Å². The van der Waals surface area contributed by atoms with Crippen molar-refractivity contribution in [1.82, 2.24) is 4.31 Å². The lowest BCUT2D eigenvalue weighted by atomic mass is 10.3. The molecule has 0 bridgehead atoms. The van der Waals surface area contributed by atoms with E-state index in [1.54, 1.807) is 0 Å². The summed E-state index contributed by atoms with van der Waals surface area (Å²) in [7, 11) is -1.89. The highest BCUT2D eigenvalue weighted by Crippen LogP contribution is 2.12. The van der Waals surface area contributed by atoms with Gasteiger partial charge in [0.1, 0.15) is 0 Å². The quantitative estimate of drug-likeness (QED) is 0.644. The molecule has 18 heavy (non-hydrogen) atoms. The standard InChI is InChI=1S/C11H23NO5S/c1-4-10(2)12(7-8-17-3)18(15,16)9-5-6-11(13)14/h10H,4-9H2,1-3H3,(H,13,14). The second kappa shape index (κ2) is 8.44. The molecule has 1 unspecified atom stereocenters. The zero-order valence-corrected chi connectivity index (χ0v) is 12.1. The lowest BCUT2D eigenvalue weighted by molar-refractivity contribution is -0.137. The average molecular weight is 281 g/mol. The maximum Gasteiger partial charge on any atom is 0.303 e. The molecule has 108 valence electrons. The van der Waals surface area contributed by atoms with Crippen molar-refractivity contribution in [2.75, 3.05) is 26.0 Å². The smallest absolute Gasteiger partial charge is 0.303 e. The molecule has 0 spiro atoms. The number of aliphatic carboxylic acids is 1. The van der Waals surface area contributed by atoms with Gasteiger partial charge in [-0.1, -0.05) is 6.92 Å². The first-order valence-electron chi connectivity index (χ1n) is 6.05. The first kappa shape index (κ1) is 17.3. The summed E-state index contributed by atoms with van der Waals surface area (Å²) in [5.41, 5.74) is 0. The van der Waals surface area contributed by atoms with Gasteiger partial charge in [0.2, 0.25) is 10.0 Å². The Bertz CT molecular complexity index is 341. The molecule has 0 heterocycles. The normalized spacial score (nSPS) is 13.8. The molecule has 0 aliphatic rings. The molecule has 1 atom stereocenters. The number of ether oxygens (including phenoxy) is 1. The van der Waals surface area contributed by atoms with Gasteiger partial charge in [-0.15, -0.1) is 0 Å². The van der Waals surface area contributed by atoms with Crippen LogP contribution < -0.4 is 0 Å². The molecule has 0 rings (SSSR count). The van der Waals surface area contributed by atoms with Crippen molar-refractivity contribution in [1.29, 1.82) is 0 Å². The minimum absolute atomic E-state index is 0.102. The van der Waals surface area contributed by atoms with Crippen LogP contribution in [0.4, 0.5) is 0 Å². The topological polar surface area (TPSA) is 83.9 Å². The molecule has 1 N–H and O–H groups in total. The average Bonchev–Trinajstić information content (AvgIpc) is 2.27. The van der Waals surface area contributed by atoms with Crippen molar-refractivity contribution in [2.45, 2.75) is 39.2 Å². The first-order valence-corrected chi connectivity index (χ1v) is 7.66. The van der Waals surface area contributed by atoms with Gasteiger partial charge in [-0.2, -0.15) is 4.31 Å². The van der Waals surface area contributed by atoms with Crippen LogP contribution in [0.5, 0.6) is 0 Å². The summed E-state index contributed by atoms with van der Waals surface area (Å²) in [5.74, 6) is -1.11. The molecule has 0 amide bonds. The molecular formula is C11H23NO5S. The van der Waals surface area contributed by atoms with Gasteiger partial charge >= 0.3 is 5.97 Å². The van der Waals surface area contributed by atoms with Gasteiger partial charge in [-0.3, -0.25) is 4.79 Å². The van der Waals surface area contributed by atoms with Crippen LogP contribution in [0, 0.1) is 0 Å². The minimum Gasteiger partial charge on any atom is -0.481 e. The molecule has 0 aliphatic carbocycles. The van der Waals surface area contributed by atoms with E-state index in [1.807, 2.05) is 13.8 Å². The highest BCUT2D eigenvalue weighted by Gasteiger charge is 2.25. The Balaban J connectivity index is 4.58.